The van der Waals surface area contributed by atoms with Crippen LogP contribution >= 0.6 is 24.8 Å². The number of hydrogen-bond donors (Lipinski definition) is 3. The van der Waals surface area contributed by atoms with E-state index in [9.17, 15) is 14.7 Å². The van der Waals surface area contributed by atoms with Gasteiger partial charge in [0.15, 0.2) is 0 Å². The van der Waals surface area contributed by atoms with Crippen LogP contribution in [0, 0.1) is 11.8 Å². The Morgan fingerprint density at radius 1 is 1.29 bits per heavy atom. The third-order valence-electron chi connectivity index (χ3n) is 5.64. The van der Waals surface area contributed by atoms with E-state index in [-0.39, 0.29) is 48.1 Å². The molecule has 0 unspecified atom stereocenters. The molecule has 0 aromatic carbocycles. The molecular formula is C24H37Cl2N5O4. The molecule has 3 N–H and O–H groups in total. The molecule has 2 aromatic heterocycles. The minimum Gasteiger partial charge on any atom is -0.481 e. The number of carboxylic acids is 1. The van der Waals surface area contributed by atoms with Gasteiger partial charge in [-0.2, -0.15) is 0 Å². The molecule has 2 aromatic rings. The van der Waals surface area contributed by atoms with E-state index >= 15 is 0 Å². The Balaban J connectivity index is 0.00000306. The Morgan fingerprint density at radius 2 is 2.00 bits per heavy atom. The zero-order valence-electron chi connectivity index (χ0n) is 20.9. The molecule has 3 rings (SSSR count). The zero-order valence-corrected chi connectivity index (χ0v) is 22.5. The molecule has 35 heavy (non-hydrogen) atoms. The number of halogens is 2. The Bertz CT molecular complexity index is 963. The molecule has 1 saturated heterocycles. The van der Waals surface area contributed by atoms with Gasteiger partial charge < -0.3 is 25.1 Å². The van der Waals surface area contributed by atoms with Crippen molar-refractivity contribution in [3.05, 3.63) is 41.7 Å². The fourth-order valence-electron chi connectivity index (χ4n) is 3.91. The van der Waals surface area contributed by atoms with Crippen LogP contribution in [0.15, 0.2) is 29.0 Å². The highest BCUT2D eigenvalue weighted by atomic mass is 35.5. The monoisotopic (exact) mass is 529 g/mol. The van der Waals surface area contributed by atoms with Crippen LogP contribution in [0.5, 0.6) is 0 Å². The topological polar surface area (TPSA) is 121 Å². The quantitative estimate of drug-likeness (QED) is 0.469. The van der Waals surface area contributed by atoms with Crippen LogP contribution in [0.3, 0.4) is 0 Å². The smallest absolute Gasteiger partial charge is 0.307 e. The summed E-state index contributed by atoms with van der Waals surface area (Å²) in [7, 11) is 0. The minimum absolute atomic E-state index is 0. The van der Waals surface area contributed by atoms with Crippen LogP contribution < -0.4 is 10.6 Å². The number of aromatic nitrogens is 2. The highest BCUT2D eigenvalue weighted by Crippen LogP contribution is 2.25. The Kier molecular flexibility index (Phi) is 11.5. The van der Waals surface area contributed by atoms with Crippen LogP contribution in [-0.4, -0.2) is 57.5 Å². The van der Waals surface area contributed by atoms with Gasteiger partial charge in [-0.25, -0.2) is 9.97 Å². The van der Waals surface area contributed by atoms with Crippen molar-refractivity contribution in [2.45, 2.75) is 59.0 Å². The average Bonchev–Trinajstić information content (AvgIpc) is 3.28. The summed E-state index contributed by atoms with van der Waals surface area (Å²) in [5.41, 5.74) is 0.0788. The third-order valence-corrected chi connectivity index (χ3v) is 5.64. The lowest BCUT2D eigenvalue weighted by Gasteiger charge is -2.38. The fraction of sp³-hybridized carbons (Fsp3) is 0.583. The maximum absolute atomic E-state index is 13.8. The molecule has 11 heteroatoms. The largest absolute Gasteiger partial charge is 0.481 e. The van der Waals surface area contributed by atoms with Crippen molar-refractivity contribution < 1.29 is 19.1 Å². The predicted molar refractivity (Wildman–Crippen MR) is 140 cm³/mol. The van der Waals surface area contributed by atoms with Gasteiger partial charge in [-0.1, -0.05) is 34.6 Å². The first-order valence-corrected chi connectivity index (χ1v) is 11.4. The van der Waals surface area contributed by atoms with E-state index in [1.54, 1.807) is 17.4 Å². The molecule has 1 aliphatic rings. The van der Waals surface area contributed by atoms with Crippen LogP contribution in [0.4, 0.5) is 5.82 Å². The molecule has 0 spiro atoms. The molecule has 1 fully saturated rings. The summed E-state index contributed by atoms with van der Waals surface area (Å²) in [6, 6.07) is 3.43. The molecule has 1 amide bonds. The molecule has 0 aliphatic carbocycles. The number of amides is 1. The maximum atomic E-state index is 13.8. The lowest BCUT2D eigenvalue weighted by molar-refractivity contribution is -0.142. The number of hydrogen-bond acceptors (Lipinski definition) is 7. The second kappa shape index (κ2) is 13.1. The van der Waals surface area contributed by atoms with Crippen molar-refractivity contribution >= 4 is 42.5 Å². The van der Waals surface area contributed by atoms with Gasteiger partial charge in [-0.05, 0) is 24.5 Å². The summed E-state index contributed by atoms with van der Waals surface area (Å²) in [5.74, 6) is 0.442. The number of anilines is 1. The lowest BCUT2D eigenvalue weighted by atomic mass is 9.93. The van der Waals surface area contributed by atoms with E-state index in [1.807, 2.05) is 46.8 Å². The summed E-state index contributed by atoms with van der Waals surface area (Å²) in [5, 5.41) is 15.9. The SMILES string of the molecule is CC(C)CN(C(=O)c1cnc(C(C)(C)C)nc1NCc1ccco1)[C@H]1CNC[C@@H](C(=O)O)C1.Cl.Cl. The van der Waals surface area contributed by atoms with Crippen molar-refractivity contribution in [3.8, 4) is 0 Å². The van der Waals surface area contributed by atoms with E-state index in [0.29, 0.717) is 49.8 Å². The molecule has 0 saturated carbocycles. The molecule has 196 valence electrons. The van der Waals surface area contributed by atoms with Gasteiger partial charge in [-0.3, -0.25) is 9.59 Å². The predicted octanol–water partition coefficient (Wildman–Crippen LogP) is 3.98. The number of carbonyl (C=O) groups excluding carboxylic acids is 1. The van der Waals surface area contributed by atoms with Gasteiger partial charge in [0.2, 0.25) is 0 Å². The van der Waals surface area contributed by atoms with Crippen molar-refractivity contribution in [3.63, 3.8) is 0 Å². The van der Waals surface area contributed by atoms with Crippen LogP contribution in [-0.2, 0) is 16.8 Å². The summed E-state index contributed by atoms with van der Waals surface area (Å²) < 4.78 is 5.42. The van der Waals surface area contributed by atoms with Crippen LogP contribution in [0.1, 0.15) is 63.0 Å². The number of aliphatic carboxylic acids is 1. The summed E-state index contributed by atoms with van der Waals surface area (Å²) in [6.07, 6.45) is 3.60. The van der Waals surface area contributed by atoms with Crippen molar-refractivity contribution in [1.29, 1.82) is 0 Å². The van der Waals surface area contributed by atoms with E-state index in [1.165, 1.54) is 0 Å². The lowest BCUT2D eigenvalue weighted by Crippen LogP contribution is -2.53. The number of nitrogens with one attached hydrogen (secondary N) is 2. The molecule has 0 bridgehead atoms. The van der Waals surface area contributed by atoms with Gasteiger partial charge in [0.25, 0.3) is 5.91 Å². The first kappa shape index (κ1) is 30.7. The molecule has 2 atom stereocenters. The standard InChI is InChI=1S/C24H35N5O4.2ClH/c1-15(2)14-29(17-9-16(22(31)32)10-25-11-17)21(30)19-13-27-23(24(3,4)5)28-20(19)26-12-18-7-6-8-33-18;;/h6-8,13,15-17,25H,9-12,14H2,1-5H3,(H,31,32)(H,26,27,28);2*1H/t16-,17+;;/m0../s1. The molecule has 0 radical (unpaired) electrons. The molecule has 9 nitrogen and oxygen atoms in total. The minimum atomic E-state index is -0.845. The number of piperidine rings is 1. The normalized spacial score (nSPS) is 17.8. The zero-order chi connectivity index (χ0) is 24.2. The Labute approximate surface area is 219 Å². The second-order valence-electron chi connectivity index (χ2n) is 10.1. The van der Waals surface area contributed by atoms with Crippen LogP contribution in [0.2, 0.25) is 0 Å². The first-order chi connectivity index (χ1) is 15.6. The Morgan fingerprint density at radius 3 is 2.57 bits per heavy atom. The summed E-state index contributed by atoms with van der Waals surface area (Å²) in [4.78, 5) is 36.4. The van der Waals surface area contributed by atoms with E-state index in [0.717, 1.165) is 5.76 Å². The van der Waals surface area contributed by atoms with Crippen LogP contribution in [0.25, 0.3) is 0 Å². The summed E-state index contributed by atoms with van der Waals surface area (Å²) >= 11 is 0. The van der Waals surface area contributed by atoms with Crippen molar-refractivity contribution in [2.24, 2.45) is 11.8 Å². The average molecular weight is 530 g/mol. The molecule has 1 aliphatic heterocycles. The van der Waals surface area contributed by atoms with Gasteiger partial charge in [0.05, 0.1) is 18.7 Å². The number of nitrogens with zero attached hydrogens (tertiary/aromatic N) is 3. The molecular weight excluding hydrogens is 493 g/mol. The number of furan rings is 1. The van der Waals surface area contributed by atoms with E-state index in [4.69, 9.17) is 9.40 Å². The van der Waals surface area contributed by atoms with Gasteiger partial charge in [0.1, 0.15) is 23.0 Å². The Hall–Kier alpha value is -2.36. The van der Waals surface area contributed by atoms with Crippen molar-refractivity contribution in [1.82, 2.24) is 20.2 Å². The van der Waals surface area contributed by atoms with E-state index in [2.05, 4.69) is 15.6 Å². The fourth-order valence-corrected chi connectivity index (χ4v) is 3.91. The van der Waals surface area contributed by atoms with Gasteiger partial charge in [0, 0.05) is 37.3 Å². The van der Waals surface area contributed by atoms with E-state index < -0.39 is 11.9 Å². The number of rotatable bonds is 8. The first-order valence-electron chi connectivity index (χ1n) is 11.4. The van der Waals surface area contributed by atoms with Gasteiger partial charge >= 0.3 is 5.97 Å². The van der Waals surface area contributed by atoms with Crippen molar-refractivity contribution in [2.75, 3.05) is 25.0 Å². The second-order valence-corrected chi connectivity index (χ2v) is 10.1. The third kappa shape index (κ3) is 8.08. The number of carbonyl (C=O) groups is 2. The number of carboxylic acid groups (broad SMARTS) is 1. The summed E-state index contributed by atoms with van der Waals surface area (Å²) in [6.45, 7) is 12.0. The maximum Gasteiger partial charge on any atom is 0.307 e. The molecule has 3 heterocycles. The highest BCUT2D eigenvalue weighted by molar-refractivity contribution is 5.98. The van der Waals surface area contributed by atoms with Gasteiger partial charge in [-0.15, -0.1) is 24.8 Å². The highest BCUT2D eigenvalue weighted by Gasteiger charge is 2.34.